The number of hydrogen-bond donors (Lipinski definition) is 1. The highest BCUT2D eigenvalue weighted by molar-refractivity contribution is 5.81. The summed E-state index contributed by atoms with van der Waals surface area (Å²) in [6, 6.07) is 16.0. The molecule has 2 aromatic heterocycles. The smallest absolute Gasteiger partial charge is 0.277 e. The average Bonchev–Trinajstić information content (AvgIpc) is 3.15. The van der Waals surface area contributed by atoms with Crippen molar-refractivity contribution in [1.82, 2.24) is 19.5 Å². The Balaban J connectivity index is 1.81. The third-order valence-corrected chi connectivity index (χ3v) is 4.29. The molecule has 0 aliphatic carbocycles. The van der Waals surface area contributed by atoms with Gasteiger partial charge in [0.05, 0.1) is 23.4 Å². The van der Waals surface area contributed by atoms with E-state index in [0.717, 1.165) is 5.56 Å². The first-order valence-corrected chi connectivity index (χ1v) is 8.47. The third-order valence-electron chi connectivity index (χ3n) is 4.29. The van der Waals surface area contributed by atoms with Gasteiger partial charge in [0.2, 0.25) is 0 Å². The van der Waals surface area contributed by atoms with E-state index < -0.39 is 11.2 Å². The molecule has 9 nitrogen and oxygen atoms in total. The van der Waals surface area contributed by atoms with Crippen LogP contribution in [-0.4, -0.2) is 24.4 Å². The number of benzene rings is 2. The molecular formula is C19H16N6O3. The molecule has 1 atom stereocenters. The second kappa shape index (κ2) is 7.41. The zero-order chi connectivity index (χ0) is 19.5. The molecule has 2 aromatic carbocycles. The van der Waals surface area contributed by atoms with Gasteiger partial charge >= 0.3 is 0 Å². The van der Waals surface area contributed by atoms with Gasteiger partial charge in [0.15, 0.2) is 17.7 Å². The van der Waals surface area contributed by atoms with Gasteiger partial charge < -0.3 is 10.5 Å². The molecule has 0 spiro atoms. The van der Waals surface area contributed by atoms with Gasteiger partial charge in [-0.1, -0.05) is 42.5 Å². The van der Waals surface area contributed by atoms with E-state index in [1.54, 1.807) is 22.8 Å². The minimum atomic E-state index is -0.818. The van der Waals surface area contributed by atoms with Crippen LogP contribution in [0.3, 0.4) is 0 Å². The maximum absolute atomic E-state index is 11.6. The predicted molar refractivity (Wildman–Crippen MR) is 102 cm³/mol. The Morgan fingerprint density at radius 1 is 1.07 bits per heavy atom. The molecule has 0 bridgehead atoms. The molecule has 0 amide bonds. The van der Waals surface area contributed by atoms with E-state index in [4.69, 9.17) is 10.5 Å². The summed E-state index contributed by atoms with van der Waals surface area (Å²) in [6.45, 7) is 0.248. The van der Waals surface area contributed by atoms with Gasteiger partial charge in [-0.05, 0) is 11.6 Å². The Morgan fingerprint density at radius 2 is 1.82 bits per heavy atom. The quantitative estimate of drug-likeness (QED) is 0.405. The van der Waals surface area contributed by atoms with Gasteiger partial charge in [0, 0.05) is 6.07 Å². The van der Waals surface area contributed by atoms with E-state index in [1.165, 1.54) is 18.7 Å². The first-order valence-electron chi connectivity index (χ1n) is 8.47. The van der Waals surface area contributed by atoms with Crippen LogP contribution in [0.15, 0.2) is 67.3 Å². The molecule has 4 rings (SSSR count). The van der Waals surface area contributed by atoms with E-state index in [9.17, 15) is 10.1 Å². The second-order valence-electron chi connectivity index (χ2n) is 6.05. The van der Waals surface area contributed by atoms with E-state index in [2.05, 4.69) is 15.0 Å². The summed E-state index contributed by atoms with van der Waals surface area (Å²) in [5.41, 5.74) is 7.99. The SMILES string of the molecule is Nc1ncnc2c1ncn2C(OCc1ccccc1)c1ccccc1[N+](=O)[O-]. The van der Waals surface area contributed by atoms with Crippen molar-refractivity contribution in [2.24, 2.45) is 0 Å². The number of ether oxygens (including phenoxy) is 1. The van der Waals surface area contributed by atoms with Crippen LogP contribution in [0.2, 0.25) is 0 Å². The number of nitro groups is 1. The molecular weight excluding hydrogens is 360 g/mol. The van der Waals surface area contributed by atoms with E-state index in [1.807, 2.05) is 30.3 Å². The summed E-state index contributed by atoms with van der Waals surface area (Å²) < 4.78 is 7.74. The molecule has 2 heterocycles. The number of rotatable bonds is 6. The standard InChI is InChI=1S/C19H16N6O3/c20-17-16-18(22-11-21-17)24(12-23-16)19(28-10-13-6-2-1-3-7-13)14-8-4-5-9-15(14)25(26)27/h1-9,11-12,19H,10H2,(H2,20,21,22). The molecule has 4 aromatic rings. The van der Waals surface area contributed by atoms with Crippen LogP contribution in [0.1, 0.15) is 17.4 Å². The molecule has 1 unspecified atom stereocenters. The van der Waals surface area contributed by atoms with Crippen molar-refractivity contribution in [3.8, 4) is 0 Å². The van der Waals surface area contributed by atoms with Crippen molar-refractivity contribution < 1.29 is 9.66 Å². The van der Waals surface area contributed by atoms with Crippen LogP contribution in [0.5, 0.6) is 0 Å². The van der Waals surface area contributed by atoms with Crippen molar-refractivity contribution in [3.05, 3.63) is 88.5 Å². The molecule has 0 radical (unpaired) electrons. The zero-order valence-electron chi connectivity index (χ0n) is 14.7. The fraction of sp³-hybridized carbons (Fsp3) is 0.105. The fourth-order valence-corrected chi connectivity index (χ4v) is 2.97. The molecule has 28 heavy (non-hydrogen) atoms. The summed E-state index contributed by atoms with van der Waals surface area (Å²) >= 11 is 0. The minimum Gasteiger partial charge on any atom is -0.382 e. The summed E-state index contributed by atoms with van der Waals surface area (Å²) in [7, 11) is 0. The van der Waals surface area contributed by atoms with Gasteiger partial charge in [0.25, 0.3) is 5.69 Å². The van der Waals surface area contributed by atoms with Crippen LogP contribution in [0, 0.1) is 10.1 Å². The van der Waals surface area contributed by atoms with E-state index in [-0.39, 0.29) is 18.1 Å². The summed E-state index contributed by atoms with van der Waals surface area (Å²) in [6.07, 6.45) is 2.01. The fourth-order valence-electron chi connectivity index (χ4n) is 2.97. The van der Waals surface area contributed by atoms with Gasteiger partial charge in [0.1, 0.15) is 11.8 Å². The number of imidazole rings is 1. The largest absolute Gasteiger partial charge is 0.382 e. The summed E-state index contributed by atoms with van der Waals surface area (Å²) in [5, 5.41) is 11.6. The number of nitro benzene ring substituents is 1. The molecule has 0 aliphatic rings. The van der Waals surface area contributed by atoms with Crippen molar-refractivity contribution in [1.29, 1.82) is 0 Å². The molecule has 140 valence electrons. The monoisotopic (exact) mass is 376 g/mol. The lowest BCUT2D eigenvalue weighted by atomic mass is 10.1. The van der Waals surface area contributed by atoms with Gasteiger partial charge in [-0.3, -0.25) is 14.7 Å². The highest BCUT2D eigenvalue weighted by atomic mass is 16.6. The van der Waals surface area contributed by atoms with Crippen LogP contribution in [0.4, 0.5) is 11.5 Å². The Bertz CT molecular complexity index is 1130. The Hall–Kier alpha value is -3.85. The van der Waals surface area contributed by atoms with Gasteiger partial charge in [-0.25, -0.2) is 15.0 Å². The minimum absolute atomic E-state index is 0.0514. The average molecular weight is 376 g/mol. The number of nitrogen functional groups attached to an aromatic ring is 1. The normalized spacial score (nSPS) is 12.1. The van der Waals surface area contributed by atoms with Crippen molar-refractivity contribution in [3.63, 3.8) is 0 Å². The Kier molecular flexibility index (Phi) is 4.65. The molecule has 0 aliphatic heterocycles. The van der Waals surface area contributed by atoms with Crippen molar-refractivity contribution in [2.45, 2.75) is 12.8 Å². The van der Waals surface area contributed by atoms with E-state index >= 15 is 0 Å². The highest BCUT2D eigenvalue weighted by Crippen LogP contribution is 2.32. The maximum atomic E-state index is 11.6. The number of para-hydroxylation sites is 1. The topological polar surface area (TPSA) is 122 Å². The highest BCUT2D eigenvalue weighted by Gasteiger charge is 2.26. The molecule has 9 heteroatoms. The van der Waals surface area contributed by atoms with Gasteiger partial charge in [-0.15, -0.1) is 0 Å². The number of anilines is 1. The Morgan fingerprint density at radius 3 is 2.61 bits per heavy atom. The van der Waals surface area contributed by atoms with E-state index in [0.29, 0.717) is 16.7 Å². The number of fused-ring (bicyclic) bond motifs is 1. The van der Waals surface area contributed by atoms with Gasteiger partial charge in [-0.2, -0.15) is 0 Å². The maximum Gasteiger partial charge on any atom is 0.277 e. The number of nitrogens with two attached hydrogens (primary N) is 1. The first-order chi connectivity index (χ1) is 13.6. The van der Waals surface area contributed by atoms with Crippen molar-refractivity contribution in [2.75, 3.05) is 5.73 Å². The molecule has 0 saturated carbocycles. The first kappa shape index (κ1) is 17.6. The lowest BCUT2D eigenvalue weighted by Gasteiger charge is -2.20. The predicted octanol–water partition coefficient (Wildman–Crippen LogP) is 3.08. The van der Waals surface area contributed by atoms with Crippen LogP contribution in [0.25, 0.3) is 11.2 Å². The Labute approximate surface area is 159 Å². The second-order valence-corrected chi connectivity index (χ2v) is 6.05. The number of hydrogen-bond acceptors (Lipinski definition) is 7. The molecule has 0 saturated heterocycles. The van der Waals surface area contributed by atoms with Crippen molar-refractivity contribution >= 4 is 22.7 Å². The van der Waals surface area contributed by atoms with Crippen LogP contribution in [-0.2, 0) is 11.3 Å². The molecule has 2 N–H and O–H groups in total. The number of aromatic nitrogens is 4. The third kappa shape index (κ3) is 3.26. The van der Waals surface area contributed by atoms with Crippen LogP contribution < -0.4 is 5.73 Å². The summed E-state index contributed by atoms with van der Waals surface area (Å²) in [5.74, 6) is 0.230. The molecule has 0 fully saturated rings. The number of nitrogens with zero attached hydrogens (tertiary/aromatic N) is 5. The zero-order valence-corrected chi connectivity index (χ0v) is 14.7. The lowest BCUT2D eigenvalue weighted by Crippen LogP contribution is -2.16. The van der Waals surface area contributed by atoms with Crippen LogP contribution >= 0.6 is 0 Å². The lowest BCUT2D eigenvalue weighted by molar-refractivity contribution is -0.386. The summed E-state index contributed by atoms with van der Waals surface area (Å²) in [4.78, 5) is 23.6.